The second-order valence-electron chi connectivity index (χ2n) is 3.97. The lowest BCUT2D eigenvalue weighted by Gasteiger charge is -2.37. The van der Waals surface area contributed by atoms with Crippen LogP contribution < -0.4 is 10.6 Å². The van der Waals surface area contributed by atoms with Crippen molar-refractivity contribution in [2.75, 3.05) is 30.8 Å². The topological polar surface area (TPSA) is 84.5 Å². The van der Waals surface area contributed by atoms with Crippen molar-refractivity contribution in [2.24, 2.45) is 0 Å². The Hall–Kier alpha value is -1.47. The molecule has 3 N–H and O–H groups in total. The molecule has 0 radical (unpaired) electrons. The smallest absolute Gasteiger partial charge is 0.227 e. The zero-order valence-electron chi connectivity index (χ0n) is 9.45. The molecule has 3 atom stereocenters. The number of aromatic nitrogens is 2. The Morgan fingerprint density at radius 1 is 1.59 bits per heavy atom. The van der Waals surface area contributed by atoms with Crippen molar-refractivity contribution in [1.82, 2.24) is 9.97 Å². The molecule has 1 aliphatic rings. The van der Waals surface area contributed by atoms with Crippen LogP contribution in [0.25, 0.3) is 0 Å². The number of rotatable bonds is 2. The second-order valence-corrected chi connectivity index (χ2v) is 3.97. The Kier molecular flexibility index (Phi) is 3.39. The maximum Gasteiger partial charge on any atom is 0.227 e. The third-order valence-electron chi connectivity index (χ3n) is 2.80. The van der Waals surface area contributed by atoms with Gasteiger partial charge in [0.15, 0.2) is 0 Å². The van der Waals surface area contributed by atoms with Crippen LogP contribution in [0, 0.1) is 0 Å². The van der Waals surface area contributed by atoms with Crippen LogP contribution in [0.3, 0.4) is 0 Å². The molecule has 1 aliphatic heterocycles. The molecule has 0 saturated carbocycles. The quantitative estimate of drug-likeness (QED) is 0.733. The average Bonchev–Trinajstić information content (AvgIpc) is 2.32. The lowest BCUT2D eigenvalue weighted by molar-refractivity contribution is -0.0582. The molecule has 2 rings (SSSR count). The lowest BCUT2D eigenvalue weighted by Crippen LogP contribution is -2.55. The first-order chi connectivity index (χ1) is 8.11. The second kappa shape index (κ2) is 4.80. The summed E-state index contributed by atoms with van der Waals surface area (Å²) in [4.78, 5) is 9.65. The van der Waals surface area contributed by atoms with E-state index in [1.165, 1.54) is 13.3 Å². The maximum atomic E-state index is 13.6. The summed E-state index contributed by atoms with van der Waals surface area (Å²) in [6.07, 6.45) is -1.59. The molecular weight excluding hydrogens is 227 g/mol. The maximum absolute atomic E-state index is 13.6. The van der Waals surface area contributed by atoms with Crippen molar-refractivity contribution in [2.45, 2.75) is 18.4 Å². The number of nitrogens with two attached hydrogens (primary N) is 1. The van der Waals surface area contributed by atoms with Gasteiger partial charge in [-0.25, -0.2) is 9.37 Å². The number of aliphatic hydroxyl groups is 1. The third kappa shape index (κ3) is 2.45. The average molecular weight is 242 g/mol. The standard InChI is InChI=1S/C10H15FN4O2/c1-17-7-5-15(4-6(11)9(7)16)10-13-3-2-8(12)14-10/h2-3,6-7,9,16H,4-5H2,1H3,(H2,12,13,14)/t6-,7+,9-/m1/s1. The molecule has 1 saturated heterocycles. The minimum atomic E-state index is -1.39. The Morgan fingerprint density at radius 2 is 2.35 bits per heavy atom. The van der Waals surface area contributed by atoms with Gasteiger partial charge >= 0.3 is 0 Å². The molecule has 6 nitrogen and oxygen atoms in total. The summed E-state index contributed by atoms with van der Waals surface area (Å²) >= 11 is 0. The van der Waals surface area contributed by atoms with Gasteiger partial charge < -0.3 is 20.5 Å². The highest BCUT2D eigenvalue weighted by atomic mass is 19.1. The van der Waals surface area contributed by atoms with Crippen LogP contribution >= 0.6 is 0 Å². The first kappa shape index (κ1) is 12.0. The van der Waals surface area contributed by atoms with E-state index in [0.29, 0.717) is 18.3 Å². The van der Waals surface area contributed by atoms with Gasteiger partial charge in [-0.15, -0.1) is 0 Å². The van der Waals surface area contributed by atoms with E-state index in [4.69, 9.17) is 10.5 Å². The van der Waals surface area contributed by atoms with E-state index < -0.39 is 18.4 Å². The molecule has 1 fully saturated rings. The Labute approximate surface area is 98.2 Å². The fourth-order valence-electron chi connectivity index (χ4n) is 1.84. The van der Waals surface area contributed by atoms with Crippen LogP contribution in [0.5, 0.6) is 0 Å². The van der Waals surface area contributed by atoms with Gasteiger partial charge in [0.05, 0.1) is 6.54 Å². The number of hydrogen-bond donors (Lipinski definition) is 2. The first-order valence-electron chi connectivity index (χ1n) is 5.30. The molecule has 0 amide bonds. The molecule has 0 bridgehead atoms. The van der Waals surface area contributed by atoms with E-state index in [1.54, 1.807) is 11.0 Å². The molecule has 0 aliphatic carbocycles. The van der Waals surface area contributed by atoms with E-state index in [2.05, 4.69) is 9.97 Å². The van der Waals surface area contributed by atoms with Gasteiger partial charge in [-0.3, -0.25) is 0 Å². The number of alkyl halides is 1. The number of anilines is 2. The van der Waals surface area contributed by atoms with Gasteiger partial charge in [-0.1, -0.05) is 0 Å². The molecule has 0 spiro atoms. The predicted octanol–water partition coefficient (Wildman–Crippen LogP) is -0.407. The Balaban J connectivity index is 2.17. The zero-order valence-corrected chi connectivity index (χ0v) is 9.45. The number of methoxy groups -OCH3 is 1. The summed E-state index contributed by atoms with van der Waals surface area (Å²) in [5.74, 6) is 0.673. The first-order valence-corrected chi connectivity index (χ1v) is 5.30. The fourth-order valence-corrected chi connectivity index (χ4v) is 1.84. The summed E-state index contributed by atoms with van der Waals surface area (Å²) in [6.45, 7) is 0.367. The molecule has 1 aromatic heterocycles. The molecular formula is C10H15FN4O2. The molecule has 2 heterocycles. The summed E-state index contributed by atoms with van der Waals surface area (Å²) in [6, 6.07) is 1.56. The SMILES string of the molecule is CO[C@H]1CN(c2nccc(N)n2)C[C@@H](F)[C@H]1O. The zero-order chi connectivity index (χ0) is 12.4. The lowest BCUT2D eigenvalue weighted by atomic mass is 10.0. The van der Waals surface area contributed by atoms with E-state index in [9.17, 15) is 9.50 Å². The largest absolute Gasteiger partial charge is 0.387 e. The van der Waals surface area contributed by atoms with E-state index in [0.717, 1.165) is 0 Å². The van der Waals surface area contributed by atoms with Crippen molar-refractivity contribution >= 4 is 11.8 Å². The highest BCUT2D eigenvalue weighted by molar-refractivity contribution is 5.38. The summed E-state index contributed by atoms with van der Waals surface area (Å²) in [5, 5.41) is 9.56. The summed E-state index contributed by atoms with van der Waals surface area (Å²) < 4.78 is 18.6. The number of piperidine rings is 1. The molecule has 94 valence electrons. The van der Waals surface area contributed by atoms with Gasteiger partial charge in [-0.05, 0) is 6.07 Å². The highest BCUT2D eigenvalue weighted by Gasteiger charge is 2.37. The minimum absolute atomic E-state index is 0.0322. The van der Waals surface area contributed by atoms with Crippen LogP contribution in [0.4, 0.5) is 16.2 Å². The van der Waals surface area contributed by atoms with Crippen LogP contribution in [0.2, 0.25) is 0 Å². The van der Waals surface area contributed by atoms with Crippen LogP contribution in [-0.4, -0.2) is 53.7 Å². The monoisotopic (exact) mass is 242 g/mol. The number of halogens is 1. The highest BCUT2D eigenvalue weighted by Crippen LogP contribution is 2.20. The molecule has 1 aromatic rings. The number of nitrogen functional groups attached to an aromatic ring is 1. The Bertz CT molecular complexity index is 392. The van der Waals surface area contributed by atoms with Crippen molar-refractivity contribution in [3.8, 4) is 0 Å². The van der Waals surface area contributed by atoms with Gasteiger partial charge in [0.2, 0.25) is 5.95 Å². The van der Waals surface area contributed by atoms with Crippen LogP contribution in [0.1, 0.15) is 0 Å². The number of aliphatic hydroxyl groups excluding tert-OH is 1. The molecule has 0 unspecified atom stereocenters. The Morgan fingerprint density at radius 3 is 3.00 bits per heavy atom. The van der Waals surface area contributed by atoms with Crippen molar-refractivity contribution in [3.05, 3.63) is 12.3 Å². The summed E-state index contributed by atoms with van der Waals surface area (Å²) in [7, 11) is 1.43. The normalized spacial score (nSPS) is 29.4. The van der Waals surface area contributed by atoms with E-state index in [1.807, 2.05) is 0 Å². The van der Waals surface area contributed by atoms with Gasteiger partial charge in [0, 0.05) is 19.9 Å². The third-order valence-corrected chi connectivity index (χ3v) is 2.80. The number of ether oxygens (including phenoxy) is 1. The fraction of sp³-hybridized carbons (Fsp3) is 0.600. The van der Waals surface area contributed by atoms with Gasteiger partial charge in [0.25, 0.3) is 0 Å². The van der Waals surface area contributed by atoms with Crippen molar-refractivity contribution < 1.29 is 14.2 Å². The predicted molar refractivity (Wildman–Crippen MR) is 60.4 cm³/mol. The van der Waals surface area contributed by atoms with Gasteiger partial charge in [-0.2, -0.15) is 4.98 Å². The summed E-state index contributed by atoms with van der Waals surface area (Å²) in [5.41, 5.74) is 5.54. The van der Waals surface area contributed by atoms with Crippen molar-refractivity contribution in [3.63, 3.8) is 0 Å². The van der Waals surface area contributed by atoms with Gasteiger partial charge in [0.1, 0.15) is 24.2 Å². The van der Waals surface area contributed by atoms with E-state index in [-0.39, 0.29) is 6.54 Å². The molecule has 17 heavy (non-hydrogen) atoms. The van der Waals surface area contributed by atoms with Crippen molar-refractivity contribution in [1.29, 1.82) is 0 Å². The number of hydrogen-bond acceptors (Lipinski definition) is 6. The van der Waals surface area contributed by atoms with E-state index >= 15 is 0 Å². The minimum Gasteiger partial charge on any atom is -0.387 e. The number of nitrogens with zero attached hydrogens (tertiary/aromatic N) is 3. The van der Waals surface area contributed by atoms with Crippen LogP contribution in [-0.2, 0) is 4.74 Å². The van der Waals surface area contributed by atoms with Crippen LogP contribution in [0.15, 0.2) is 12.3 Å². The molecule has 0 aromatic carbocycles. The molecule has 7 heteroatoms.